The molecule has 0 bridgehead atoms. The molecule has 0 aliphatic carbocycles. The van der Waals surface area contributed by atoms with E-state index in [1.807, 2.05) is 30.9 Å². The van der Waals surface area contributed by atoms with Gasteiger partial charge in [-0.25, -0.2) is 9.78 Å². The van der Waals surface area contributed by atoms with Gasteiger partial charge >= 0.3 is 5.97 Å². The molecule has 0 saturated heterocycles. The number of carboxylic acids is 1. The summed E-state index contributed by atoms with van der Waals surface area (Å²) in [7, 11) is 0. The van der Waals surface area contributed by atoms with Crippen LogP contribution in [0.25, 0.3) is 10.9 Å². The van der Waals surface area contributed by atoms with Crippen LogP contribution in [0.15, 0.2) is 43.0 Å². The number of benzene rings is 1. The number of aromatic nitrogens is 3. The van der Waals surface area contributed by atoms with Crippen LogP contribution in [-0.2, 0) is 13.1 Å². The van der Waals surface area contributed by atoms with Crippen molar-refractivity contribution in [2.75, 3.05) is 0 Å². The zero-order chi connectivity index (χ0) is 14.8. The number of aryl methyl sites for hydroxylation is 1. The van der Waals surface area contributed by atoms with Crippen LogP contribution >= 0.6 is 0 Å². The fourth-order valence-corrected chi connectivity index (χ4v) is 2.57. The molecule has 1 N–H and O–H groups in total. The van der Waals surface area contributed by atoms with Crippen molar-refractivity contribution in [1.82, 2.24) is 14.1 Å². The Morgan fingerprint density at radius 2 is 2.14 bits per heavy atom. The average molecular weight is 283 g/mol. The summed E-state index contributed by atoms with van der Waals surface area (Å²) in [4.78, 5) is 15.2. The Kier molecular flexibility index (Phi) is 3.48. The lowest BCUT2D eigenvalue weighted by molar-refractivity contribution is 0.0697. The predicted octanol–water partition coefficient (Wildman–Crippen LogP) is 2.99. The minimum Gasteiger partial charge on any atom is -0.478 e. The highest BCUT2D eigenvalue weighted by Crippen LogP contribution is 2.19. The average Bonchev–Trinajstić information content (AvgIpc) is 3.07. The van der Waals surface area contributed by atoms with Crippen LogP contribution in [0.3, 0.4) is 0 Å². The van der Waals surface area contributed by atoms with Crippen molar-refractivity contribution in [3.8, 4) is 0 Å². The summed E-state index contributed by atoms with van der Waals surface area (Å²) >= 11 is 0. The Morgan fingerprint density at radius 3 is 2.90 bits per heavy atom. The molecule has 3 aromatic rings. The molecule has 1 aromatic carbocycles. The first-order chi connectivity index (χ1) is 10.2. The second kappa shape index (κ2) is 5.44. The van der Waals surface area contributed by atoms with Crippen molar-refractivity contribution in [3.05, 3.63) is 54.2 Å². The molecule has 0 spiro atoms. The molecule has 0 amide bonds. The maximum Gasteiger partial charge on any atom is 0.335 e. The van der Waals surface area contributed by atoms with E-state index in [2.05, 4.69) is 21.0 Å². The molecule has 108 valence electrons. The fourth-order valence-electron chi connectivity index (χ4n) is 2.57. The largest absolute Gasteiger partial charge is 0.478 e. The zero-order valence-electron chi connectivity index (χ0n) is 11.9. The quantitative estimate of drug-likeness (QED) is 0.783. The standard InChI is InChI=1S/C16H17N3O2/c1-2-6-19-11-17-9-14(19)10-18-7-5-12-8-13(16(20)21)3-4-15(12)18/h3-5,7-9,11H,2,6,10H2,1H3,(H,20,21). The molecule has 0 unspecified atom stereocenters. The van der Waals surface area contributed by atoms with Crippen molar-refractivity contribution < 1.29 is 9.90 Å². The van der Waals surface area contributed by atoms with Gasteiger partial charge in [-0.3, -0.25) is 0 Å². The Balaban J connectivity index is 1.94. The Morgan fingerprint density at radius 1 is 1.29 bits per heavy atom. The molecule has 0 fully saturated rings. The molecule has 0 atom stereocenters. The van der Waals surface area contributed by atoms with Crippen LogP contribution in [0, 0.1) is 0 Å². The molecule has 0 saturated carbocycles. The van der Waals surface area contributed by atoms with Crippen molar-refractivity contribution in [1.29, 1.82) is 0 Å². The summed E-state index contributed by atoms with van der Waals surface area (Å²) < 4.78 is 4.27. The van der Waals surface area contributed by atoms with Crippen LogP contribution in [0.1, 0.15) is 29.4 Å². The van der Waals surface area contributed by atoms with E-state index in [0.29, 0.717) is 5.56 Å². The second-order valence-electron chi connectivity index (χ2n) is 5.10. The first-order valence-corrected chi connectivity index (χ1v) is 7.00. The maximum absolute atomic E-state index is 11.0. The maximum atomic E-state index is 11.0. The van der Waals surface area contributed by atoms with Gasteiger partial charge in [-0.05, 0) is 30.7 Å². The van der Waals surface area contributed by atoms with E-state index >= 15 is 0 Å². The van der Waals surface area contributed by atoms with Gasteiger partial charge in [-0.15, -0.1) is 0 Å². The SMILES string of the molecule is CCCn1cncc1Cn1ccc2cc(C(=O)O)ccc21. The predicted molar refractivity (Wildman–Crippen MR) is 80.5 cm³/mol. The number of nitrogens with zero attached hydrogens (tertiary/aromatic N) is 3. The van der Waals surface area contributed by atoms with Crippen molar-refractivity contribution in [2.45, 2.75) is 26.4 Å². The molecule has 2 aromatic heterocycles. The highest BCUT2D eigenvalue weighted by atomic mass is 16.4. The van der Waals surface area contributed by atoms with Crippen LogP contribution < -0.4 is 0 Å². The molecule has 0 aliphatic rings. The van der Waals surface area contributed by atoms with Crippen LogP contribution in [-0.4, -0.2) is 25.2 Å². The molecule has 0 radical (unpaired) electrons. The Hall–Kier alpha value is -2.56. The molecular weight excluding hydrogens is 266 g/mol. The lowest BCUT2D eigenvalue weighted by Crippen LogP contribution is -2.06. The molecular formula is C16H17N3O2. The smallest absolute Gasteiger partial charge is 0.335 e. The zero-order valence-corrected chi connectivity index (χ0v) is 11.9. The lowest BCUT2D eigenvalue weighted by atomic mass is 10.1. The van der Waals surface area contributed by atoms with Gasteiger partial charge in [0.1, 0.15) is 0 Å². The van der Waals surface area contributed by atoms with E-state index in [1.165, 1.54) is 0 Å². The van der Waals surface area contributed by atoms with Gasteiger partial charge in [0.2, 0.25) is 0 Å². The van der Waals surface area contributed by atoms with Gasteiger partial charge in [-0.1, -0.05) is 6.92 Å². The monoisotopic (exact) mass is 283 g/mol. The first kappa shape index (κ1) is 13.4. The Bertz CT molecular complexity index is 786. The summed E-state index contributed by atoms with van der Waals surface area (Å²) in [6.45, 7) is 3.83. The van der Waals surface area contributed by atoms with Gasteiger partial charge in [0, 0.05) is 29.8 Å². The summed E-state index contributed by atoms with van der Waals surface area (Å²) in [5.74, 6) is -0.898. The number of carbonyl (C=O) groups is 1. The Labute approximate surface area is 122 Å². The van der Waals surface area contributed by atoms with E-state index in [1.54, 1.807) is 12.1 Å². The van der Waals surface area contributed by atoms with E-state index in [0.717, 1.165) is 36.1 Å². The number of imidazole rings is 1. The second-order valence-corrected chi connectivity index (χ2v) is 5.10. The van der Waals surface area contributed by atoms with E-state index < -0.39 is 5.97 Å². The molecule has 21 heavy (non-hydrogen) atoms. The van der Waals surface area contributed by atoms with Crippen LogP contribution in [0.4, 0.5) is 0 Å². The third-order valence-electron chi connectivity index (χ3n) is 3.61. The van der Waals surface area contributed by atoms with Crippen molar-refractivity contribution >= 4 is 16.9 Å². The summed E-state index contributed by atoms with van der Waals surface area (Å²) in [5, 5.41) is 9.98. The summed E-state index contributed by atoms with van der Waals surface area (Å²) in [6, 6.07) is 7.16. The minimum absolute atomic E-state index is 0.316. The number of hydrogen-bond acceptors (Lipinski definition) is 2. The number of hydrogen-bond donors (Lipinski definition) is 1. The highest BCUT2D eigenvalue weighted by Gasteiger charge is 2.08. The topological polar surface area (TPSA) is 60.0 Å². The number of carboxylic acid groups (broad SMARTS) is 1. The van der Waals surface area contributed by atoms with E-state index in [4.69, 9.17) is 5.11 Å². The molecule has 2 heterocycles. The van der Waals surface area contributed by atoms with Crippen LogP contribution in [0.2, 0.25) is 0 Å². The van der Waals surface area contributed by atoms with Gasteiger partial charge < -0.3 is 14.2 Å². The number of aromatic carboxylic acids is 1. The minimum atomic E-state index is -0.898. The van der Waals surface area contributed by atoms with E-state index in [-0.39, 0.29) is 0 Å². The third kappa shape index (κ3) is 2.54. The molecule has 5 nitrogen and oxygen atoms in total. The van der Waals surface area contributed by atoms with Crippen molar-refractivity contribution in [2.24, 2.45) is 0 Å². The summed E-state index contributed by atoms with van der Waals surface area (Å²) in [5.41, 5.74) is 2.50. The molecule has 5 heteroatoms. The van der Waals surface area contributed by atoms with Gasteiger partial charge in [0.15, 0.2) is 0 Å². The lowest BCUT2D eigenvalue weighted by Gasteiger charge is -2.09. The third-order valence-corrected chi connectivity index (χ3v) is 3.61. The summed E-state index contributed by atoms with van der Waals surface area (Å²) in [6.07, 6.45) is 6.79. The van der Waals surface area contributed by atoms with E-state index in [9.17, 15) is 4.79 Å². The first-order valence-electron chi connectivity index (χ1n) is 7.00. The number of rotatable bonds is 5. The highest BCUT2D eigenvalue weighted by molar-refractivity contribution is 5.93. The number of fused-ring (bicyclic) bond motifs is 1. The van der Waals surface area contributed by atoms with Gasteiger partial charge in [0.25, 0.3) is 0 Å². The molecule has 0 aliphatic heterocycles. The van der Waals surface area contributed by atoms with Gasteiger partial charge in [0.05, 0.1) is 24.1 Å². The van der Waals surface area contributed by atoms with Crippen molar-refractivity contribution in [3.63, 3.8) is 0 Å². The fraction of sp³-hybridized carbons (Fsp3) is 0.250. The normalized spacial score (nSPS) is 11.1. The van der Waals surface area contributed by atoms with Crippen LogP contribution in [0.5, 0.6) is 0 Å². The molecule has 3 rings (SSSR count). The van der Waals surface area contributed by atoms with Gasteiger partial charge in [-0.2, -0.15) is 0 Å².